The fraction of sp³-hybridized carbons (Fsp3) is 1.00. The monoisotopic (exact) mass is 451 g/mol. The van der Waals surface area contributed by atoms with Gasteiger partial charge in [-0.25, -0.2) is 0 Å². The van der Waals surface area contributed by atoms with Crippen LogP contribution in [-0.4, -0.2) is 15.2 Å². The van der Waals surface area contributed by atoms with Gasteiger partial charge in [0.15, 0.2) is 0 Å². The third-order valence-electron chi connectivity index (χ3n) is 8.76. The molecule has 0 saturated carbocycles. The van der Waals surface area contributed by atoms with Crippen molar-refractivity contribution in [2.45, 2.75) is 156 Å². The molecule has 0 saturated heterocycles. The number of unbranched alkanes of at least 4 members (excludes halogenated alkanes) is 4. The van der Waals surface area contributed by atoms with Gasteiger partial charge in [-0.05, 0) is 23.7 Å². The Morgan fingerprint density at radius 1 is 0.452 bits per heavy atom. The molecule has 0 N–H and O–H groups in total. The molecule has 0 aromatic rings. The van der Waals surface area contributed by atoms with Crippen molar-refractivity contribution in [2.24, 2.45) is 35.5 Å². The van der Waals surface area contributed by atoms with Gasteiger partial charge in [0.05, 0.1) is 0 Å². The van der Waals surface area contributed by atoms with Crippen molar-refractivity contribution in [1.29, 1.82) is 0 Å². The van der Waals surface area contributed by atoms with E-state index in [2.05, 4.69) is 55.4 Å². The zero-order chi connectivity index (χ0) is 23.5. The summed E-state index contributed by atoms with van der Waals surface area (Å²) in [6.07, 6.45) is 19.9. The van der Waals surface area contributed by atoms with Crippen LogP contribution in [-0.2, 0) is 0 Å². The van der Waals surface area contributed by atoms with E-state index in [9.17, 15) is 0 Å². The standard InChI is InChI=1S/2C15H31.Al.H2/c2*1-6-10-11-12-14(8-3)15(9-4)13(5)7-2;;/h2*13-15H,5-12H2,1-4H3;;1H. The highest BCUT2D eigenvalue weighted by molar-refractivity contribution is 6.35. The fourth-order valence-electron chi connectivity index (χ4n) is 6.67. The summed E-state index contributed by atoms with van der Waals surface area (Å²) < 4.78 is 0. The first-order chi connectivity index (χ1) is 15.1. The molecule has 1 radical (unpaired) electrons. The van der Waals surface area contributed by atoms with Crippen molar-refractivity contribution in [3.63, 3.8) is 0 Å². The maximum atomic E-state index is 2.48. The molecular weight excluding hydrogens is 387 g/mol. The molecule has 187 valence electrons. The van der Waals surface area contributed by atoms with E-state index in [-0.39, 0.29) is 1.43 Å². The topological polar surface area (TPSA) is 0 Å². The molecule has 0 aliphatic carbocycles. The van der Waals surface area contributed by atoms with Crippen LogP contribution >= 0.6 is 0 Å². The normalized spacial score (nSPS) is 17.7. The van der Waals surface area contributed by atoms with E-state index < -0.39 is 0 Å². The second-order valence-electron chi connectivity index (χ2n) is 10.6. The van der Waals surface area contributed by atoms with E-state index in [4.69, 9.17) is 0 Å². The lowest BCUT2D eigenvalue weighted by molar-refractivity contribution is 0.199. The maximum absolute atomic E-state index is 2.48. The summed E-state index contributed by atoms with van der Waals surface area (Å²) in [5, 5.41) is 3.14. The second kappa shape index (κ2) is 21.1. The van der Waals surface area contributed by atoms with Crippen LogP contribution in [0.4, 0.5) is 0 Å². The lowest BCUT2D eigenvalue weighted by Gasteiger charge is -2.35. The number of hydrogen-bond acceptors (Lipinski definition) is 0. The van der Waals surface area contributed by atoms with Gasteiger partial charge in [0.1, 0.15) is 0 Å². The summed E-state index contributed by atoms with van der Waals surface area (Å²) in [4.78, 5) is 0. The Hall–Kier alpha value is 0.532. The molecule has 0 aliphatic heterocycles. The zero-order valence-corrected chi connectivity index (χ0v) is 24.5. The van der Waals surface area contributed by atoms with E-state index in [1.54, 1.807) is 10.6 Å². The summed E-state index contributed by atoms with van der Waals surface area (Å²) in [6.45, 7) is 19.5. The summed E-state index contributed by atoms with van der Waals surface area (Å²) in [5.41, 5.74) is 0. The van der Waals surface area contributed by atoms with E-state index in [1.807, 2.05) is 0 Å². The Balaban J connectivity index is 0. The predicted octanol–water partition coefficient (Wildman–Crippen LogP) is 11.1. The Morgan fingerprint density at radius 2 is 0.806 bits per heavy atom. The van der Waals surface area contributed by atoms with Crippen molar-refractivity contribution in [3.8, 4) is 0 Å². The molecule has 0 fully saturated rings. The SMILES string of the molecule is CCCCCC(CC)C(CC)C(CC)[CH2][Al][CH2]C(CC)C(CC)C(CC)CCCCC.[HH]. The molecule has 0 aromatic heterocycles. The maximum Gasteiger partial charge on any atom is 0.200 e. The average Bonchev–Trinajstić information content (AvgIpc) is 2.80. The largest absolute Gasteiger partial charge is 0.200 e. The van der Waals surface area contributed by atoms with E-state index in [0.29, 0.717) is 15.2 Å². The van der Waals surface area contributed by atoms with Gasteiger partial charge in [-0.3, -0.25) is 0 Å². The molecule has 0 nitrogen and oxygen atoms in total. The van der Waals surface area contributed by atoms with Gasteiger partial charge in [-0.1, -0.05) is 157 Å². The highest BCUT2D eigenvalue weighted by atomic mass is 27.1. The van der Waals surface area contributed by atoms with E-state index in [1.165, 1.54) is 89.9 Å². The van der Waals surface area contributed by atoms with Crippen molar-refractivity contribution >= 4 is 15.2 Å². The van der Waals surface area contributed by atoms with Crippen LogP contribution in [0.3, 0.4) is 0 Å². The molecule has 6 atom stereocenters. The van der Waals surface area contributed by atoms with Crippen LogP contribution in [0.1, 0.15) is 147 Å². The molecular formula is C30H64Al. The van der Waals surface area contributed by atoms with E-state index >= 15 is 0 Å². The highest BCUT2D eigenvalue weighted by Gasteiger charge is 2.28. The van der Waals surface area contributed by atoms with Crippen molar-refractivity contribution in [3.05, 3.63) is 0 Å². The molecule has 1 heteroatoms. The number of hydrogen-bond donors (Lipinski definition) is 0. The van der Waals surface area contributed by atoms with Gasteiger partial charge in [-0.15, -0.1) is 10.6 Å². The molecule has 0 aromatic carbocycles. The van der Waals surface area contributed by atoms with Crippen LogP contribution < -0.4 is 0 Å². The highest BCUT2D eigenvalue weighted by Crippen LogP contribution is 2.38. The van der Waals surface area contributed by atoms with Gasteiger partial charge < -0.3 is 0 Å². The molecule has 0 spiro atoms. The van der Waals surface area contributed by atoms with Gasteiger partial charge in [0.2, 0.25) is 15.2 Å². The summed E-state index contributed by atoms with van der Waals surface area (Å²) >= 11 is 0.628. The van der Waals surface area contributed by atoms with Crippen molar-refractivity contribution < 1.29 is 1.43 Å². The third-order valence-corrected chi connectivity index (χ3v) is 10.6. The van der Waals surface area contributed by atoms with Gasteiger partial charge in [0, 0.05) is 1.43 Å². The fourth-order valence-corrected chi connectivity index (χ4v) is 9.09. The van der Waals surface area contributed by atoms with Crippen LogP contribution in [0.25, 0.3) is 0 Å². The predicted molar refractivity (Wildman–Crippen MR) is 148 cm³/mol. The quantitative estimate of drug-likeness (QED) is 0.113. The minimum absolute atomic E-state index is 0. The van der Waals surface area contributed by atoms with Gasteiger partial charge in [0.25, 0.3) is 0 Å². The molecule has 0 rings (SSSR count). The molecule has 0 aliphatic rings. The second-order valence-corrected chi connectivity index (χ2v) is 12.1. The van der Waals surface area contributed by atoms with Crippen LogP contribution in [0.15, 0.2) is 0 Å². The Labute approximate surface area is 207 Å². The first kappa shape index (κ1) is 31.5. The lowest BCUT2D eigenvalue weighted by Crippen LogP contribution is -2.26. The molecule has 31 heavy (non-hydrogen) atoms. The van der Waals surface area contributed by atoms with Crippen LogP contribution in [0, 0.1) is 35.5 Å². The first-order valence-corrected chi connectivity index (χ1v) is 16.5. The molecule has 0 amide bonds. The Kier molecular flexibility index (Phi) is 21.5. The zero-order valence-electron chi connectivity index (χ0n) is 23.4. The van der Waals surface area contributed by atoms with Gasteiger partial charge >= 0.3 is 0 Å². The average molecular weight is 452 g/mol. The lowest BCUT2D eigenvalue weighted by atomic mass is 9.75. The molecule has 6 unspecified atom stereocenters. The third kappa shape index (κ3) is 12.5. The minimum atomic E-state index is 0. The summed E-state index contributed by atoms with van der Waals surface area (Å²) in [7, 11) is 0. The summed E-state index contributed by atoms with van der Waals surface area (Å²) in [6, 6.07) is 0. The molecule has 0 heterocycles. The van der Waals surface area contributed by atoms with Gasteiger partial charge in [-0.2, -0.15) is 0 Å². The van der Waals surface area contributed by atoms with Crippen molar-refractivity contribution in [1.82, 2.24) is 0 Å². The first-order valence-electron chi connectivity index (χ1n) is 14.9. The van der Waals surface area contributed by atoms with Crippen molar-refractivity contribution in [2.75, 3.05) is 0 Å². The van der Waals surface area contributed by atoms with E-state index in [0.717, 1.165) is 35.5 Å². The van der Waals surface area contributed by atoms with Crippen LogP contribution in [0.2, 0.25) is 10.6 Å². The summed E-state index contributed by atoms with van der Waals surface area (Å²) in [5.74, 6) is 5.92. The molecule has 0 bridgehead atoms. The smallest absolute Gasteiger partial charge is 0.101 e. The Bertz CT molecular complexity index is 338. The number of rotatable bonds is 22. The Morgan fingerprint density at radius 3 is 1.06 bits per heavy atom. The van der Waals surface area contributed by atoms with Crippen LogP contribution in [0.5, 0.6) is 0 Å². The minimum Gasteiger partial charge on any atom is -0.101 e.